The Kier molecular flexibility index (Phi) is 1.84. The van der Waals surface area contributed by atoms with Gasteiger partial charge in [0, 0.05) is 11.8 Å². The third-order valence-electron chi connectivity index (χ3n) is 2.65. The van der Waals surface area contributed by atoms with Crippen molar-refractivity contribution in [2.75, 3.05) is 0 Å². The van der Waals surface area contributed by atoms with Crippen LogP contribution < -0.4 is 0 Å². The van der Waals surface area contributed by atoms with Crippen molar-refractivity contribution in [1.29, 1.82) is 5.26 Å². The maximum Gasteiger partial charge on any atom is 0.0999 e. The molecule has 0 fully saturated rings. The fourth-order valence-electron chi connectivity index (χ4n) is 1.88. The maximum absolute atomic E-state index is 9.05. The molecule has 1 aromatic heterocycles. The van der Waals surface area contributed by atoms with Gasteiger partial charge >= 0.3 is 0 Å². The third-order valence-corrected chi connectivity index (χ3v) is 2.65. The summed E-state index contributed by atoms with van der Waals surface area (Å²) in [6, 6.07) is 7.83. The molecule has 1 aromatic carbocycles. The van der Waals surface area contributed by atoms with Gasteiger partial charge in [0.1, 0.15) is 0 Å². The van der Waals surface area contributed by atoms with Crippen LogP contribution in [0.2, 0.25) is 0 Å². The molecule has 0 aliphatic carbocycles. The number of benzene rings is 1. The summed E-state index contributed by atoms with van der Waals surface area (Å²) < 4.78 is 1.98. The zero-order valence-electron chi connectivity index (χ0n) is 8.46. The number of aromatic nitrogens is 2. The van der Waals surface area contributed by atoms with Gasteiger partial charge in [-0.3, -0.25) is 4.99 Å². The molecule has 0 spiro atoms. The van der Waals surface area contributed by atoms with Crippen LogP contribution in [0.1, 0.15) is 16.8 Å². The fraction of sp³-hybridized carbons (Fsp3) is 0.0833. The molecule has 3 rings (SSSR count). The van der Waals surface area contributed by atoms with E-state index in [1.807, 2.05) is 16.7 Å². The molecule has 1 aliphatic rings. The first-order valence-corrected chi connectivity index (χ1v) is 4.94. The highest BCUT2D eigenvalue weighted by Crippen LogP contribution is 2.21. The fourth-order valence-corrected chi connectivity index (χ4v) is 1.88. The molecule has 0 bridgehead atoms. The highest BCUT2D eigenvalue weighted by atomic mass is 15.1. The molecule has 0 unspecified atom stereocenters. The minimum Gasteiger partial charge on any atom is -0.301 e. The van der Waals surface area contributed by atoms with E-state index in [1.165, 1.54) is 0 Å². The summed E-state index contributed by atoms with van der Waals surface area (Å²) in [7, 11) is 0. The van der Waals surface area contributed by atoms with E-state index in [4.69, 9.17) is 5.26 Å². The Morgan fingerprint density at radius 1 is 1.38 bits per heavy atom. The van der Waals surface area contributed by atoms with Crippen LogP contribution >= 0.6 is 0 Å². The first kappa shape index (κ1) is 8.86. The Labute approximate surface area is 92.5 Å². The van der Waals surface area contributed by atoms with E-state index in [0.29, 0.717) is 12.1 Å². The van der Waals surface area contributed by atoms with Crippen molar-refractivity contribution in [3.8, 4) is 11.8 Å². The number of aliphatic imine (C=N–C) groups is 1. The van der Waals surface area contributed by atoms with Crippen molar-refractivity contribution >= 4 is 6.21 Å². The van der Waals surface area contributed by atoms with Gasteiger partial charge in [-0.15, -0.1) is 0 Å². The van der Waals surface area contributed by atoms with Crippen molar-refractivity contribution < 1.29 is 0 Å². The van der Waals surface area contributed by atoms with Gasteiger partial charge in [0.25, 0.3) is 0 Å². The van der Waals surface area contributed by atoms with Crippen LogP contribution in [0.25, 0.3) is 5.69 Å². The maximum atomic E-state index is 9.05. The van der Waals surface area contributed by atoms with E-state index >= 15 is 0 Å². The molecule has 76 valence electrons. The summed E-state index contributed by atoms with van der Waals surface area (Å²) >= 11 is 0. The minimum atomic E-state index is 0.597. The number of hydrogen-bond donors (Lipinski definition) is 0. The summed E-state index contributed by atoms with van der Waals surface area (Å²) in [5.41, 5.74) is 3.50. The van der Waals surface area contributed by atoms with Crippen LogP contribution in [0, 0.1) is 11.3 Å². The van der Waals surface area contributed by atoms with Gasteiger partial charge in [-0.25, -0.2) is 4.98 Å². The number of nitrogens with zero attached hydrogens (tertiary/aromatic N) is 4. The number of rotatable bonds is 0. The summed E-state index contributed by atoms with van der Waals surface area (Å²) in [6.07, 6.45) is 5.32. The van der Waals surface area contributed by atoms with Crippen LogP contribution in [-0.4, -0.2) is 15.8 Å². The molecule has 2 aromatic rings. The third kappa shape index (κ3) is 1.15. The monoisotopic (exact) mass is 208 g/mol. The van der Waals surface area contributed by atoms with Gasteiger partial charge in [-0.2, -0.15) is 5.26 Å². The van der Waals surface area contributed by atoms with Gasteiger partial charge in [0.05, 0.1) is 42.1 Å². The van der Waals surface area contributed by atoms with Crippen LogP contribution in [0.4, 0.5) is 0 Å². The molecule has 0 saturated carbocycles. The predicted molar refractivity (Wildman–Crippen MR) is 59.6 cm³/mol. The number of nitriles is 1. The Hall–Kier alpha value is -2.41. The van der Waals surface area contributed by atoms with Crippen LogP contribution in [-0.2, 0) is 6.54 Å². The second-order valence-electron chi connectivity index (χ2n) is 3.57. The number of hydrogen-bond acceptors (Lipinski definition) is 3. The molecule has 0 N–H and O–H groups in total. The lowest BCUT2D eigenvalue weighted by Gasteiger charge is -2.07. The Bertz CT molecular complexity index is 616. The topological polar surface area (TPSA) is 54.0 Å². The van der Waals surface area contributed by atoms with Gasteiger partial charge < -0.3 is 4.57 Å². The van der Waals surface area contributed by atoms with E-state index in [0.717, 1.165) is 16.9 Å². The Balaban J connectivity index is 2.36. The second kappa shape index (κ2) is 3.31. The largest absolute Gasteiger partial charge is 0.301 e. The zero-order valence-corrected chi connectivity index (χ0v) is 8.46. The SMILES string of the molecule is N#Cc1cccc2c1C=NCc1cncn1-2. The second-order valence-corrected chi connectivity index (χ2v) is 3.57. The van der Waals surface area contributed by atoms with E-state index in [9.17, 15) is 0 Å². The highest BCUT2D eigenvalue weighted by molar-refractivity contribution is 5.89. The van der Waals surface area contributed by atoms with Crippen molar-refractivity contribution in [3.05, 3.63) is 47.5 Å². The lowest BCUT2D eigenvalue weighted by Crippen LogP contribution is -2.00. The summed E-state index contributed by atoms with van der Waals surface area (Å²) in [4.78, 5) is 8.40. The molecule has 0 radical (unpaired) electrons. The average molecular weight is 208 g/mol. The van der Waals surface area contributed by atoms with E-state index < -0.39 is 0 Å². The van der Waals surface area contributed by atoms with Gasteiger partial charge in [-0.05, 0) is 12.1 Å². The Morgan fingerprint density at radius 2 is 2.31 bits per heavy atom. The zero-order chi connectivity index (χ0) is 11.0. The van der Waals surface area contributed by atoms with E-state index in [2.05, 4.69) is 16.0 Å². The molecule has 16 heavy (non-hydrogen) atoms. The molecule has 0 saturated heterocycles. The molecule has 2 heterocycles. The van der Waals surface area contributed by atoms with Crippen LogP contribution in [0.15, 0.2) is 35.7 Å². The summed E-state index contributed by atoms with van der Waals surface area (Å²) in [5.74, 6) is 0. The summed E-state index contributed by atoms with van der Waals surface area (Å²) in [6.45, 7) is 0.597. The molecular formula is C12H8N4. The van der Waals surface area contributed by atoms with E-state index in [1.54, 1.807) is 24.8 Å². The van der Waals surface area contributed by atoms with Gasteiger partial charge in [-0.1, -0.05) is 6.07 Å². The van der Waals surface area contributed by atoms with Crippen molar-refractivity contribution in [1.82, 2.24) is 9.55 Å². The molecule has 0 amide bonds. The van der Waals surface area contributed by atoms with Crippen LogP contribution in [0.5, 0.6) is 0 Å². The number of imidazole rings is 1. The first-order chi connectivity index (χ1) is 7.90. The lowest BCUT2D eigenvalue weighted by atomic mass is 10.1. The normalized spacial score (nSPS) is 12.4. The van der Waals surface area contributed by atoms with Crippen molar-refractivity contribution in [3.63, 3.8) is 0 Å². The first-order valence-electron chi connectivity index (χ1n) is 4.94. The van der Waals surface area contributed by atoms with Crippen LogP contribution in [0.3, 0.4) is 0 Å². The lowest BCUT2D eigenvalue weighted by molar-refractivity contribution is 0.924. The predicted octanol–water partition coefficient (Wildman–Crippen LogP) is 1.68. The smallest absolute Gasteiger partial charge is 0.0999 e. The standard InChI is InChI=1S/C12H8N4/c13-4-9-2-1-3-12-11(9)7-14-5-10-6-15-8-16(10)12/h1-3,6-8H,5H2. The molecule has 1 aliphatic heterocycles. The molecular weight excluding hydrogens is 200 g/mol. The minimum absolute atomic E-state index is 0.597. The Morgan fingerprint density at radius 3 is 3.19 bits per heavy atom. The molecule has 0 atom stereocenters. The molecule has 4 nitrogen and oxygen atoms in total. The quantitative estimate of drug-likeness (QED) is 0.661. The van der Waals surface area contributed by atoms with E-state index in [-0.39, 0.29) is 0 Å². The van der Waals surface area contributed by atoms with Gasteiger partial charge in [0.15, 0.2) is 0 Å². The highest BCUT2D eigenvalue weighted by Gasteiger charge is 2.13. The van der Waals surface area contributed by atoms with Crippen molar-refractivity contribution in [2.45, 2.75) is 6.54 Å². The van der Waals surface area contributed by atoms with Gasteiger partial charge in [0.2, 0.25) is 0 Å². The average Bonchev–Trinajstić information content (AvgIpc) is 2.71. The molecule has 4 heteroatoms. The van der Waals surface area contributed by atoms with Crippen molar-refractivity contribution in [2.24, 2.45) is 4.99 Å². The number of fused-ring (bicyclic) bond motifs is 3. The summed E-state index contributed by atoms with van der Waals surface area (Å²) in [5, 5.41) is 9.05.